The van der Waals surface area contributed by atoms with Crippen molar-refractivity contribution in [2.45, 2.75) is 39.7 Å². The number of likely N-dealkylation sites (tertiary alicyclic amines) is 1. The molecule has 11 heteroatoms. The summed E-state index contributed by atoms with van der Waals surface area (Å²) in [6, 6.07) is 6.64. The van der Waals surface area contributed by atoms with Gasteiger partial charge in [0.25, 0.3) is 5.91 Å². The third-order valence-corrected chi connectivity index (χ3v) is 7.01. The van der Waals surface area contributed by atoms with Gasteiger partial charge in [-0.3, -0.25) is 15.0 Å². The van der Waals surface area contributed by atoms with Gasteiger partial charge in [0.05, 0.1) is 23.5 Å². The number of nitrogens with zero attached hydrogens (tertiary/aromatic N) is 4. The lowest BCUT2D eigenvalue weighted by Gasteiger charge is -2.37. The Labute approximate surface area is 226 Å². The van der Waals surface area contributed by atoms with Gasteiger partial charge in [0.15, 0.2) is 5.65 Å². The number of aromatic amines is 1. The molecule has 1 aromatic carbocycles. The molecule has 10 nitrogen and oxygen atoms in total. The Balaban J connectivity index is 1.60. The van der Waals surface area contributed by atoms with Crippen LogP contribution in [0.1, 0.15) is 55.2 Å². The molecular weight excluding hydrogens is 504 g/mol. The van der Waals surface area contributed by atoms with Gasteiger partial charge in [-0.2, -0.15) is 5.26 Å². The van der Waals surface area contributed by atoms with Crippen molar-refractivity contribution in [1.82, 2.24) is 25.2 Å². The van der Waals surface area contributed by atoms with E-state index in [0.29, 0.717) is 53.4 Å². The topological polar surface area (TPSA) is 151 Å². The number of anilines is 1. The van der Waals surface area contributed by atoms with E-state index in [0.717, 1.165) is 0 Å². The highest BCUT2D eigenvalue weighted by Crippen LogP contribution is 2.26. The molecule has 0 saturated carbocycles. The number of amides is 2. The first-order chi connectivity index (χ1) is 18.0. The molecule has 0 radical (unpaired) electrons. The molecule has 0 spiro atoms. The molecular formula is C27H31ClN8O2. The SMILES string of the molecule is CNc1cc(Cl)ccc1C(=N)c1cnc2[nH]cc(C(=O)NC(C(=O)N3CCC(C#N)CC3)C(C)(C)C)c2n1. The van der Waals surface area contributed by atoms with E-state index in [4.69, 9.17) is 17.0 Å². The maximum absolute atomic E-state index is 13.5. The second kappa shape index (κ2) is 10.8. The Morgan fingerprint density at radius 1 is 1.26 bits per heavy atom. The number of H-pyrrole nitrogens is 1. The summed E-state index contributed by atoms with van der Waals surface area (Å²) in [6.45, 7) is 6.68. The molecule has 38 heavy (non-hydrogen) atoms. The zero-order chi connectivity index (χ0) is 27.6. The smallest absolute Gasteiger partial charge is 0.255 e. The van der Waals surface area contributed by atoms with Crippen molar-refractivity contribution in [3.63, 3.8) is 0 Å². The van der Waals surface area contributed by atoms with Crippen LogP contribution in [0.5, 0.6) is 0 Å². The fourth-order valence-electron chi connectivity index (χ4n) is 4.53. The Kier molecular flexibility index (Phi) is 7.69. The molecule has 4 rings (SSSR count). The summed E-state index contributed by atoms with van der Waals surface area (Å²) in [7, 11) is 1.74. The predicted octanol–water partition coefficient (Wildman–Crippen LogP) is 3.98. The quantitative estimate of drug-likeness (QED) is 0.351. The number of halogens is 1. The first-order valence-corrected chi connectivity index (χ1v) is 12.8. The zero-order valence-corrected chi connectivity index (χ0v) is 22.6. The van der Waals surface area contributed by atoms with Crippen LogP contribution in [0.3, 0.4) is 0 Å². The van der Waals surface area contributed by atoms with Gasteiger partial charge in [0, 0.05) is 48.5 Å². The lowest BCUT2D eigenvalue weighted by Crippen LogP contribution is -2.56. The van der Waals surface area contributed by atoms with E-state index in [9.17, 15) is 14.9 Å². The van der Waals surface area contributed by atoms with Crippen molar-refractivity contribution in [3.8, 4) is 6.07 Å². The largest absolute Gasteiger partial charge is 0.388 e. The van der Waals surface area contributed by atoms with Crippen LogP contribution in [0.2, 0.25) is 5.02 Å². The minimum atomic E-state index is -0.778. The summed E-state index contributed by atoms with van der Waals surface area (Å²) in [4.78, 5) is 40.5. The first kappa shape index (κ1) is 27.1. The predicted molar refractivity (Wildman–Crippen MR) is 146 cm³/mol. The fraction of sp³-hybridized carbons (Fsp3) is 0.407. The monoisotopic (exact) mass is 534 g/mol. The van der Waals surface area contributed by atoms with Crippen LogP contribution >= 0.6 is 11.6 Å². The van der Waals surface area contributed by atoms with E-state index >= 15 is 0 Å². The zero-order valence-electron chi connectivity index (χ0n) is 21.9. The molecule has 3 aromatic rings. The molecule has 1 saturated heterocycles. The van der Waals surface area contributed by atoms with Crippen molar-refractivity contribution in [1.29, 1.82) is 10.7 Å². The van der Waals surface area contributed by atoms with Crippen molar-refractivity contribution in [3.05, 3.63) is 52.4 Å². The molecule has 1 aliphatic rings. The van der Waals surface area contributed by atoms with Gasteiger partial charge < -0.3 is 20.5 Å². The van der Waals surface area contributed by atoms with Crippen LogP contribution in [-0.4, -0.2) is 63.6 Å². The minimum absolute atomic E-state index is 0.0449. The number of hydrogen-bond acceptors (Lipinski definition) is 7. The lowest BCUT2D eigenvalue weighted by atomic mass is 9.85. The number of piperidine rings is 1. The van der Waals surface area contributed by atoms with Gasteiger partial charge in [-0.1, -0.05) is 32.4 Å². The molecule has 1 fully saturated rings. The van der Waals surface area contributed by atoms with Crippen LogP contribution in [0.4, 0.5) is 5.69 Å². The van der Waals surface area contributed by atoms with E-state index in [1.807, 2.05) is 20.8 Å². The average Bonchev–Trinajstić information content (AvgIpc) is 3.33. The van der Waals surface area contributed by atoms with Crippen LogP contribution in [0.15, 0.2) is 30.6 Å². The van der Waals surface area contributed by atoms with Gasteiger partial charge in [-0.15, -0.1) is 0 Å². The second-order valence-electron chi connectivity index (χ2n) is 10.5. The number of carbonyl (C=O) groups excluding carboxylic acids is 2. The number of nitriles is 1. The number of benzene rings is 1. The summed E-state index contributed by atoms with van der Waals surface area (Å²) in [5.41, 5.74) is 2.05. The minimum Gasteiger partial charge on any atom is -0.388 e. The Bertz CT molecular complexity index is 1430. The standard InChI is InChI=1S/C27H31ClN8O2/c1-27(2,3)23(26(38)36-9-7-15(12-29)8-10-36)35-25(37)18-13-32-24-22(18)34-20(14-33-24)21(30)17-6-5-16(28)11-19(17)31-4/h5-6,11,13-15,23,30-31H,7-10H2,1-4H3,(H,32,33)(H,35,37). The molecule has 0 aliphatic carbocycles. The van der Waals surface area contributed by atoms with Crippen molar-refractivity contribution in [2.75, 3.05) is 25.5 Å². The maximum Gasteiger partial charge on any atom is 0.255 e. The third-order valence-electron chi connectivity index (χ3n) is 6.78. The van der Waals surface area contributed by atoms with Crippen molar-refractivity contribution < 1.29 is 9.59 Å². The van der Waals surface area contributed by atoms with Gasteiger partial charge in [-0.25, -0.2) is 9.97 Å². The first-order valence-electron chi connectivity index (χ1n) is 12.4. The normalized spacial score (nSPS) is 15.1. The summed E-state index contributed by atoms with van der Waals surface area (Å²) < 4.78 is 0. The molecule has 1 unspecified atom stereocenters. The Morgan fingerprint density at radius 2 is 1.97 bits per heavy atom. The summed E-state index contributed by atoms with van der Waals surface area (Å²) in [5, 5.41) is 24.4. The van der Waals surface area contributed by atoms with E-state index in [-0.39, 0.29) is 28.8 Å². The van der Waals surface area contributed by atoms with Crippen LogP contribution in [0.25, 0.3) is 11.2 Å². The highest BCUT2D eigenvalue weighted by Gasteiger charge is 2.37. The number of aromatic nitrogens is 3. The Hall–Kier alpha value is -3.97. The van der Waals surface area contributed by atoms with Gasteiger partial charge in [0.2, 0.25) is 5.91 Å². The van der Waals surface area contributed by atoms with Crippen LogP contribution in [-0.2, 0) is 4.79 Å². The van der Waals surface area contributed by atoms with Crippen molar-refractivity contribution in [2.24, 2.45) is 11.3 Å². The van der Waals surface area contributed by atoms with Gasteiger partial charge in [-0.05, 0) is 36.5 Å². The molecule has 2 amide bonds. The summed E-state index contributed by atoms with van der Waals surface area (Å²) >= 11 is 6.10. The highest BCUT2D eigenvalue weighted by molar-refractivity contribution is 6.31. The molecule has 2 aromatic heterocycles. The number of fused-ring (bicyclic) bond motifs is 1. The van der Waals surface area contributed by atoms with Crippen molar-refractivity contribution >= 4 is 46.0 Å². The number of rotatable bonds is 6. The Morgan fingerprint density at radius 3 is 2.61 bits per heavy atom. The molecule has 3 heterocycles. The van der Waals surface area contributed by atoms with Crippen LogP contribution in [0, 0.1) is 28.1 Å². The second-order valence-corrected chi connectivity index (χ2v) is 10.9. The average molecular weight is 535 g/mol. The number of carbonyl (C=O) groups is 2. The van der Waals surface area contributed by atoms with E-state index in [1.54, 1.807) is 30.1 Å². The van der Waals surface area contributed by atoms with Gasteiger partial charge >= 0.3 is 0 Å². The summed E-state index contributed by atoms with van der Waals surface area (Å²) in [6.07, 6.45) is 4.24. The molecule has 4 N–H and O–H groups in total. The number of hydrogen-bond donors (Lipinski definition) is 4. The molecule has 1 atom stereocenters. The maximum atomic E-state index is 13.5. The third kappa shape index (κ3) is 5.48. The van der Waals surface area contributed by atoms with E-state index in [1.165, 1.54) is 12.4 Å². The van der Waals surface area contributed by atoms with E-state index in [2.05, 4.69) is 31.7 Å². The van der Waals surface area contributed by atoms with E-state index < -0.39 is 17.4 Å². The lowest BCUT2D eigenvalue weighted by molar-refractivity contribution is -0.137. The molecule has 1 aliphatic heterocycles. The molecule has 0 bridgehead atoms. The highest BCUT2D eigenvalue weighted by atomic mass is 35.5. The number of nitrogens with one attached hydrogen (secondary N) is 4. The molecule has 198 valence electrons. The summed E-state index contributed by atoms with van der Waals surface area (Å²) in [5.74, 6) is -0.675. The van der Waals surface area contributed by atoms with Gasteiger partial charge in [0.1, 0.15) is 17.3 Å². The van der Waals surface area contributed by atoms with Crippen LogP contribution < -0.4 is 10.6 Å². The fourth-order valence-corrected chi connectivity index (χ4v) is 4.71.